The van der Waals surface area contributed by atoms with Crippen molar-refractivity contribution in [2.75, 3.05) is 0 Å². The van der Waals surface area contributed by atoms with Gasteiger partial charge in [-0.15, -0.1) is 0 Å². The van der Waals surface area contributed by atoms with Crippen LogP contribution in [0.1, 0.15) is 23.0 Å². The van der Waals surface area contributed by atoms with E-state index in [9.17, 15) is 14.4 Å². The van der Waals surface area contributed by atoms with E-state index in [0.29, 0.717) is 27.9 Å². The van der Waals surface area contributed by atoms with Gasteiger partial charge in [0.15, 0.2) is 5.69 Å². The number of benzene rings is 2. The highest BCUT2D eigenvalue weighted by Crippen LogP contribution is 2.16. The lowest BCUT2D eigenvalue weighted by Crippen LogP contribution is -2.42. The Labute approximate surface area is 165 Å². The minimum atomic E-state index is -0.627. The summed E-state index contributed by atoms with van der Waals surface area (Å²) in [6.07, 6.45) is 2.79. The molecule has 0 radical (unpaired) electrons. The van der Waals surface area contributed by atoms with Crippen LogP contribution in [0.2, 0.25) is 5.02 Å². The lowest BCUT2D eigenvalue weighted by atomic mass is 10.1. The molecule has 2 amide bonds. The normalized spacial score (nSPS) is 10.9. The summed E-state index contributed by atoms with van der Waals surface area (Å²) >= 11 is 6.02. The van der Waals surface area contributed by atoms with Crippen molar-refractivity contribution in [3.8, 4) is 0 Å². The highest BCUT2D eigenvalue weighted by Gasteiger charge is 2.16. The second-order valence-corrected chi connectivity index (χ2v) is 6.22. The SMILES string of the molecule is CCn1nc(C(=O)NNC(=O)C=Cc2ccccc2Cl)c2ccccc2c1=O. The zero-order valence-corrected chi connectivity index (χ0v) is 15.7. The molecule has 2 N–H and O–H groups in total. The molecule has 3 rings (SSSR count). The van der Waals surface area contributed by atoms with E-state index < -0.39 is 11.8 Å². The number of hydrogen-bond acceptors (Lipinski definition) is 4. The van der Waals surface area contributed by atoms with E-state index in [1.54, 1.807) is 55.5 Å². The van der Waals surface area contributed by atoms with Gasteiger partial charge < -0.3 is 0 Å². The van der Waals surface area contributed by atoms with E-state index >= 15 is 0 Å². The van der Waals surface area contributed by atoms with Gasteiger partial charge in [-0.3, -0.25) is 25.2 Å². The third-order valence-electron chi connectivity index (χ3n) is 4.00. The van der Waals surface area contributed by atoms with Crippen LogP contribution in [-0.4, -0.2) is 21.6 Å². The fourth-order valence-corrected chi connectivity index (χ4v) is 2.81. The van der Waals surface area contributed by atoms with Gasteiger partial charge in [-0.25, -0.2) is 4.68 Å². The Morgan fingerprint density at radius 2 is 1.75 bits per heavy atom. The topological polar surface area (TPSA) is 93.1 Å². The summed E-state index contributed by atoms with van der Waals surface area (Å²) in [5.41, 5.74) is 5.05. The zero-order chi connectivity index (χ0) is 20.1. The summed E-state index contributed by atoms with van der Waals surface area (Å²) in [6, 6.07) is 13.7. The van der Waals surface area contributed by atoms with E-state index in [1.807, 2.05) is 0 Å². The molecule has 7 nitrogen and oxygen atoms in total. The third-order valence-corrected chi connectivity index (χ3v) is 4.35. The van der Waals surface area contributed by atoms with E-state index in [2.05, 4.69) is 16.0 Å². The van der Waals surface area contributed by atoms with Gasteiger partial charge in [-0.1, -0.05) is 48.0 Å². The van der Waals surface area contributed by atoms with Crippen molar-refractivity contribution in [1.29, 1.82) is 0 Å². The van der Waals surface area contributed by atoms with Gasteiger partial charge in [-0.2, -0.15) is 5.10 Å². The first-order valence-electron chi connectivity index (χ1n) is 8.54. The standard InChI is InChI=1S/C20H17ClN4O3/c1-2-25-20(28)15-9-5-4-8-14(15)18(24-25)19(27)23-22-17(26)12-11-13-7-3-6-10-16(13)21/h3-12H,2H2,1H3,(H,22,26)(H,23,27). The van der Waals surface area contributed by atoms with Crippen molar-refractivity contribution < 1.29 is 9.59 Å². The number of hydrogen-bond donors (Lipinski definition) is 2. The Balaban J connectivity index is 1.77. The van der Waals surface area contributed by atoms with Crippen molar-refractivity contribution >= 4 is 40.3 Å². The van der Waals surface area contributed by atoms with Crippen LogP contribution in [0, 0.1) is 0 Å². The summed E-state index contributed by atoms with van der Waals surface area (Å²) in [5, 5.41) is 5.41. The van der Waals surface area contributed by atoms with Crippen LogP contribution in [-0.2, 0) is 11.3 Å². The van der Waals surface area contributed by atoms with Gasteiger partial charge in [0.25, 0.3) is 17.4 Å². The Morgan fingerprint density at radius 1 is 1.07 bits per heavy atom. The molecule has 1 aromatic heterocycles. The highest BCUT2D eigenvalue weighted by molar-refractivity contribution is 6.32. The van der Waals surface area contributed by atoms with Crippen LogP contribution in [0.15, 0.2) is 59.4 Å². The molecule has 0 aliphatic carbocycles. The fraction of sp³-hybridized carbons (Fsp3) is 0.100. The predicted octanol–water partition coefficient (Wildman–Crippen LogP) is 2.54. The largest absolute Gasteiger partial charge is 0.290 e. The zero-order valence-electron chi connectivity index (χ0n) is 15.0. The maximum Gasteiger partial charge on any atom is 0.290 e. The molecule has 0 saturated carbocycles. The van der Waals surface area contributed by atoms with Gasteiger partial charge in [0.2, 0.25) is 0 Å². The molecule has 2 aromatic carbocycles. The summed E-state index contributed by atoms with van der Waals surface area (Å²) < 4.78 is 1.20. The van der Waals surface area contributed by atoms with Gasteiger partial charge in [0.05, 0.1) is 5.39 Å². The number of rotatable bonds is 4. The minimum absolute atomic E-state index is 0.0485. The minimum Gasteiger partial charge on any atom is -0.268 e. The van der Waals surface area contributed by atoms with E-state index in [-0.39, 0.29) is 11.3 Å². The van der Waals surface area contributed by atoms with Crippen molar-refractivity contribution in [2.24, 2.45) is 0 Å². The van der Waals surface area contributed by atoms with E-state index in [1.165, 1.54) is 16.8 Å². The Bertz CT molecular complexity index is 1140. The molecule has 0 fully saturated rings. The molecular weight excluding hydrogens is 380 g/mol. The molecule has 0 atom stereocenters. The first kappa shape index (κ1) is 19.3. The number of fused-ring (bicyclic) bond motifs is 1. The predicted molar refractivity (Wildman–Crippen MR) is 108 cm³/mol. The molecule has 0 spiro atoms. The molecule has 1 heterocycles. The number of carbonyl (C=O) groups is 2. The second-order valence-electron chi connectivity index (χ2n) is 5.81. The average Bonchev–Trinajstić information content (AvgIpc) is 2.72. The van der Waals surface area contributed by atoms with Crippen LogP contribution < -0.4 is 16.4 Å². The summed E-state index contributed by atoms with van der Waals surface area (Å²) in [4.78, 5) is 36.8. The molecule has 0 aliphatic heterocycles. The van der Waals surface area contributed by atoms with Crippen LogP contribution in [0.4, 0.5) is 0 Å². The number of aryl methyl sites for hydroxylation is 1. The molecule has 142 valence electrons. The number of halogens is 1. The summed E-state index contributed by atoms with van der Waals surface area (Å²) in [6.45, 7) is 2.07. The average molecular weight is 397 g/mol. The fourth-order valence-electron chi connectivity index (χ4n) is 2.61. The summed E-state index contributed by atoms with van der Waals surface area (Å²) in [7, 11) is 0. The van der Waals surface area contributed by atoms with Crippen molar-refractivity contribution in [3.63, 3.8) is 0 Å². The number of nitrogens with zero attached hydrogens (tertiary/aromatic N) is 2. The smallest absolute Gasteiger partial charge is 0.268 e. The molecule has 0 bridgehead atoms. The van der Waals surface area contributed by atoms with Crippen molar-refractivity contribution in [1.82, 2.24) is 20.6 Å². The quantitative estimate of drug-likeness (QED) is 0.523. The van der Waals surface area contributed by atoms with Gasteiger partial charge >= 0.3 is 0 Å². The van der Waals surface area contributed by atoms with Crippen LogP contribution in [0.3, 0.4) is 0 Å². The molecular formula is C20H17ClN4O3. The first-order chi connectivity index (χ1) is 13.5. The van der Waals surface area contributed by atoms with Gasteiger partial charge in [0, 0.05) is 23.0 Å². The highest BCUT2D eigenvalue weighted by atomic mass is 35.5. The molecule has 0 unspecified atom stereocenters. The molecule has 0 aliphatic rings. The lowest BCUT2D eigenvalue weighted by molar-refractivity contribution is -0.117. The number of aromatic nitrogens is 2. The number of nitrogens with one attached hydrogen (secondary N) is 2. The van der Waals surface area contributed by atoms with Crippen LogP contribution in [0.25, 0.3) is 16.8 Å². The Hall–Kier alpha value is -3.45. The molecule has 0 saturated heterocycles. The number of amides is 2. The Morgan fingerprint density at radius 3 is 2.46 bits per heavy atom. The third kappa shape index (κ3) is 4.10. The lowest BCUT2D eigenvalue weighted by Gasteiger charge is -2.10. The van der Waals surface area contributed by atoms with Gasteiger partial charge in [0.1, 0.15) is 0 Å². The first-order valence-corrected chi connectivity index (χ1v) is 8.92. The van der Waals surface area contributed by atoms with E-state index in [0.717, 1.165) is 0 Å². The number of carbonyl (C=O) groups excluding carboxylic acids is 2. The molecule has 8 heteroatoms. The van der Waals surface area contributed by atoms with Gasteiger partial charge in [-0.05, 0) is 30.7 Å². The van der Waals surface area contributed by atoms with E-state index in [4.69, 9.17) is 11.6 Å². The van der Waals surface area contributed by atoms with Crippen molar-refractivity contribution in [2.45, 2.75) is 13.5 Å². The molecule has 3 aromatic rings. The maximum atomic E-state index is 12.5. The summed E-state index contributed by atoms with van der Waals surface area (Å²) in [5.74, 6) is -1.17. The van der Waals surface area contributed by atoms with Crippen molar-refractivity contribution in [3.05, 3.63) is 81.2 Å². The number of hydrazine groups is 1. The second kappa shape index (κ2) is 8.49. The maximum absolute atomic E-state index is 12.5. The molecule has 28 heavy (non-hydrogen) atoms. The van der Waals surface area contributed by atoms with Crippen LogP contribution in [0.5, 0.6) is 0 Å². The van der Waals surface area contributed by atoms with Crippen LogP contribution >= 0.6 is 11.6 Å². The monoisotopic (exact) mass is 396 g/mol. The Kier molecular flexibility index (Phi) is 5.86.